The van der Waals surface area contributed by atoms with Crippen LogP contribution in [-0.4, -0.2) is 34.1 Å². The zero-order chi connectivity index (χ0) is 15.6. The summed E-state index contributed by atoms with van der Waals surface area (Å²) in [6.07, 6.45) is 2.19. The maximum absolute atomic E-state index is 13.6. The normalized spacial score (nSPS) is 12.0. The number of nitrogens with zero attached hydrogens (tertiary/aromatic N) is 2. The maximum Gasteiger partial charge on any atom is 0.178 e. The van der Waals surface area contributed by atoms with Crippen molar-refractivity contribution in [2.75, 3.05) is 13.6 Å². The van der Waals surface area contributed by atoms with Gasteiger partial charge in [-0.05, 0) is 77.1 Å². The van der Waals surface area contributed by atoms with Gasteiger partial charge >= 0.3 is 0 Å². The van der Waals surface area contributed by atoms with Crippen molar-refractivity contribution in [1.82, 2.24) is 14.5 Å². The van der Waals surface area contributed by atoms with Crippen LogP contribution in [-0.2, 0) is 6.54 Å². The second-order valence-electron chi connectivity index (χ2n) is 5.98. The molecule has 3 nitrogen and oxygen atoms in total. The van der Waals surface area contributed by atoms with Crippen molar-refractivity contribution in [2.24, 2.45) is 0 Å². The summed E-state index contributed by atoms with van der Waals surface area (Å²) in [6, 6.07) is 3.98. The van der Waals surface area contributed by atoms with Gasteiger partial charge in [-0.1, -0.05) is 0 Å². The molecule has 0 amide bonds. The molecular weight excluding hydrogens is 285 g/mol. The van der Waals surface area contributed by atoms with E-state index in [0.717, 1.165) is 37.0 Å². The molecule has 0 saturated carbocycles. The lowest BCUT2D eigenvalue weighted by molar-refractivity contribution is 0.266. The molecule has 0 radical (unpaired) electrons. The van der Waals surface area contributed by atoms with E-state index >= 15 is 0 Å². The van der Waals surface area contributed by atoms with Gasteiger partial charge in [-0.25, -0.2) is 4.39 Å². The highest BCUT2D eigenvalue weighted by Crippen LogP contribution is 2.19. The van der Waals surface area contributed by atoms with Crippen LogP contribution in [0.4, 0.5) is 4.39 Å². The summed E-state index contributed by atoms with van der Waals surface area (Å²) in [5.74, 6) is -0.190. The average molecular weight is 309 g/mol. The van der Waals surface area contributed by atoms with Crippen molar-refractivity contribution in [1.29, 1.82) is 0 Å². The molecular formula is C16H24FN3S. The SMILES string of the molecule is Cc1cc2c(cc1F)[nH]c(=S)n2CCCCN(C)C(C)C. The average Bonchev–Trinajstić information content (AvgIpc) is 2.70. The summed E-state index contributed by atoms with van der Waals surface area (Å²) in [6.45, 7) is 8.14. The molecule has 21 heavy (non-hydrogen) atoms. The number of unbranched alkanes of at least 4 members (excludes halogenated alkanes) is 1. The Morgan fingerprint density at radius 1 is 1.33 bits per heavy atom. The lowest BCUT2D eigenvalue weighted by atomic mass is 10.2. The highest BCUT2D eigenvalue weighted by atomic mass is 32.1. The molecule has 1 aromatic carbocycles. The number of fused-ring (bicyclic) bond motifs is 1. The number of nitrogens with one attached hydrogen (secondary N) is 1. The molecule has 1 N–H and O–H groups in total. The molecule has 0 atom stereocenters. The highest BCUT2D eigenvalue weighted by molar-refractivity contribution is 7.71. The predicted molar refractivity (Wildman–Crippen MR) is 88.8 cm³/mol. The van der Waals surface area contributed by atoms with E-state index < -0.39 is 0 Å². The Morgan fingerprint density at radius 2 is 2.05 bits per heavy atom. The van der Waals surface area contributed by atoms with E-state index in [1.54, 1.807) is 6.92 Å². The molecule has 2 rings (SSSR count). The van der Waals surface area contributed by atoms with Gasteiger partial charge in [-0.3, -0.25) is 0 Å². The zero-order valence-electron chi connectivity index (χ0n) is 13.2. The summed E-state index contributed by atoms with van der Waals surface area (Å²) < 4.78 is 16.3. The summed E-state index contributed by atoms with van der Waals surface area (Å²) in [5, 5.41) is 0. The van der Waals surface area contributed by atoms with Gasteiger partial charge in [0.1, 0.15) is 5.82 Å². The third-order valence-electron chi connectivity index (χ3n) is 4.08. The molecule has 0 spiro atoms. The summed E-state index contributed by atoms with van der Waals surface area (Å²) in [7, 11) is 2.15. The molecule has 0 aliphatic carbocycles. The van der Waals surface area contributed by atoms with E-state index in [1.165, 1.54) is 6.07 Å². The van der Waals surface area contributed by atoms with Crippen LogP contribution in [0.1, 0.15) is 32.3 Å². The van der Waals surface area contributed by atoms with Gasteiger partial charge in [0, 0.05) is 12.6 Å². The lowest BCUT2D eigenvalue weighted by Gasteiger charge is -2.20. The van der Waals surface area contributed by atoms with Gasteiger partial charge in [0.05, 0.1) is 11.0 Å². The third-order valence-corrected chi connectivity index (χ3v) is 4.40. The molecule has 1 heterocycles. The molecule has 0 bridgehead atoms. The smallest absolute Gasteiger partial charge is 0.178 e. The van der Waals surface area contributed by atoms with Crippen molar-refractivity contribution < 1.29 is 4.39 Å². The largest absolute Gasteiger partial charge is 0.330 e. The predicted octanol–water partition coefficient (Wildman–Crippen LogP) is 4.27. The molecule has 1 aromatic heterocycles. The van der Waals surface area contributed by atoms with Crippen molar-refractivity contribution in [3.63, 3.8) is 0 Å². The number of aryl methyl sites for hydroxylation is 2. The highest BCUT2D eigenvalue weighted by Gasteiger charge is 2.08. The van der Waals surface area contributed by atoms with Crippen molar-refractivity contribution in [3.05, 3.63) is 28.3 Å². The number of aromatic nitrogens is 2. The van der Waals surface area contributed by atoms with E-state index in [9.17, 15) is 4.39 Å². The van der Waals surface area contributed by atoms with Gasteiger partial charge in [0.25, 0.3) is 0 Å². The first kappa shape index (κ1) is 16.2. The van der Waals surface area contributed by atoms with Gasteiger partial charge in [0.2, 0.25) is 0 Å². The number of imidazole rings is 1. The monoisotopic (exact) mass is 309 g/mol. The molecule has 116 valence electrons. The number of rotatable bonds is 6. The van der Waals surface area contributed by atoms with E-state index in [-0.39, 0.29) is 5.82 Å². The Morgan fingerprint density at radius 3 is 2.71 bits per heavy atom. The molecule has 2 aromatic rings. The fraction of sp³-hybridized carbons (Fsp3) is 0.562. The van der Waals surface area contributed by atoms with Gasteiger partial charge in [0.15, 0.2) is 4.77 Å². The fourth-order valence-corrected chi connectivity index (χ4v) is 2.69. The Labute approximate surface area is 130 Å². The van der Waals surface area contributed by atoms with Gasteiger partial charge < -0.3 is 14.5 Å². The first-order valence-corrected chi connectivity index (χ1v) is 7.90. The number of hydrogen-bond donors (Lipinski definition) is 1. The molecule has 0 aliphatic heterocycles. The van der Waals surface area contributed by atoms with Crippen LogP contribution in [0.3, 0.4) is 0 Å². The minimum Gasteiger partial charge on any atom is -0.330 e. The first-order chi connectivity index (χ1) is 9.90. The van der Waals surface area contributed by atoms with Crippen LogP contribution in [0.15, 0.2) is 12.1 Å². The Bertz CT molecular complexity index is 672. The Balaban J connectivity index is 2.07. The number of H-pyrrole nitrogens is 1. The molecule has 0 aliphatic rings. The molecule has 0 saturated heterocycles. The topological polar surface area (TPSA) is 24.0 Å². The zero-order valence-corrected chi connectivity index (χ0v) is 14.1. The van der Waals surface area contributed by atoms with E-state index in [0.29, 0.717) is 16.4 Å². The first-order valence-electron chi connectivity index (χ1n) is 7.49. The molecule has 5 heteroatoms. The minimum absolute atomic E-state index is 0.190. The van der Waals surface area contributed by atoms with Crippen molar-refractivity contribution >= 4 is 23.3 Å². The quantitative estimate of drug-likeness (QED) is 0.636. The summed E-state index contributed by atoms with van der Waals surface area (Å²) in [5.41, 5.74) is 2.43. The summed E-state index contributed by atoms with van der Waals surface area (Å²) in [4.78, 5) is 5.43. The van der Waals surface area contributed by atoms with Crippen LogP contribution >= 0.6 is 12.2 Å². The Kier molecular flexibility index (Phi) is 5.17. The third kappa shape index (κ3) is 3.71. The molecule has 0 unspecified atom stereocenters. The lowest BCUT2D eigenvalue weighted by Crippen LogP contribution is -2.27. The van der Waals surface area contributed by atoms with E-state index in [2.05, 4.69) is 35.3 Å². The van der Waals surface area contributed by atoms with Crippen LogP contribution in [0.5, 0.6) is 0 Å². The van der Waals surface area contributed by atoms with Crippen molar-refractivity contribution in [2.45, 2.75) is 46.2 Å². The Hall–Kier alpha value is -1.20. The fourth-order valence-electron chi connectivity index (χ4n) is 2.39. The maximum atomic E-state index is 13.6. The standard InChI is InChI=1S/C16H24FN3S/c1-11(2)19(4)7-5-6-8-20-15-9-12(3)13(17)10-14(15)18-16(20)21/h9-11H,5-8H2,1-4H3,(H,18,21). The van der Waals surface area contributed by atoms with Crippen LogP contribution < -0.4 is 0 Å². The second-order valence-corrected chi connectivity index (χ2v) is 6.37. The van der Waals surface area contributed by atoms with E-state index in [1.807, 2.05) is 6.07 Å². The summed E-state index contributed by atoms with van der Waals surface area (Å²) >= 11 is 5.36. The number of aromatic amines is 1. The minimum atomic E-state index is -0.190. The number of benzene rings is 1. The van der Waals surface area contributed by atoms with Gasteiger partial charge in [-0.2, -0.15) is 0 Å². The number of hydrogen-bond acceptors (Lipinski definition) is 2. The van der Waals surface area contributed by atoms with Crippen LogP contribution in [0.2, 0.25) is 0 Å². The van der Waals surface area contributed by atoms with E-state index in [4.69, 9.17) is 12.2 Å². The van der Waals surface area contributed by atoms with Gasteiger partial charge in [-0.15, -0.1) is 0 Å². The number of halogens is 1. The van der Waals surface area contributed by atoms with Crippen molar-refractivity contribution in [3.8, 4) is 0 Å². The van der Waals surface area contributed by atoms with Crippen LogP contribution in [0, 0.1) is 17.5 Å². The second kappa shape index (κ2) is 6.71. The van der Waals surface area contributed by atoms with Crippen LogP contribution in [0.25, 0.3) is 11.0 Å². The molecule has 0 fully saturated rings.